The molecule has 1 fully saturated rings. The second-order valence-electron chi connectivity index (χ2n) is 6.43. The molecule has 1 aromatic carbocycles. The zero-order chi connectivity index (χ0) is 17.9. The first-order chi connectivity index (χ1) is 11.2. The van der Waals surface area contributed by atoms with E-state index in [-0.39, 0.29) is 23.4 Å². The molecule has 134 valence electrons. The molecule has 8 heteroatoms. The third-order valence-corrected chi connectivity index (χ3v) is 6.19. The van der Waals surface area contributed by atoms with E-state index in [9.17, 15) is 13.2 Å². The van der Waals surface area contributed by atoms with Gasteiger partial charge in [-0.15, -0.1) is 0 Å². The Hall–Kier alpha value is -1.48. The van der Waals surface area contributed by atoms with Gasteiger partial charge in [0, 0.05) is 38.9 Å². The van der Waals surface area contributed by atoms with Gasteiger partial charge in [0.05, 0.1) is 11.4 Å². The number of sulfonamides is 1. The molecule has 1 aliphatic heterocycles. The molecule has 0 unspecified atom stereocenters. The minimum absolute atomic E-state index is 0.150. The number of aryl methyl sites for hydroxylation is 1. The van der Waals surface area contributed by atoms with Crippen LogP contribution in [0.25, 0.3) is 0 Å². The molecule has 0 radical (unpaired) electrons. The van der Waals surface area contributed by atoms with Crippen LogP contribution in [0.15, 0.2) is 23.1 Å². The van der Waals surface area contributed by atoms with E-state index >= 15 is 0 Å². The Morgan fingerprint density at radius 2 is 1.96 bits per heavy atom. The fraction of sp³-hybridized carbons (Fsp3) is 0.562. The average Bonchev–Trinajstić information content (AvgIpc) is 2.51. The van der Waals surface area contributed by atoms with Crippen molar-refractivity contribution in [2.75, 3.05) is 39.0 Å². The Morgan fingerprint density at radius 3 is 2.54 bits per heavy atom. The van der Waals surface area contributed by atoms with Gasteiger partial charge in [0.1, 0.15) is 0 Å². The summed E-state index contributed by atoms with van der Waals surface area (Å²) in [6, 6.07) is 5.15. The number of hydrogen-bond donors (Lipinski definition) is 2. The van der Waals surface area contributed by atoms with Crippen LogP contribution >= 0.6 is 0 Å². The molecule has 0 aromatic heterocycles. The maximum Gasteiger partial charge on any atom is 0.242 e. The number of likely N-dealkylation sites (tertiary alicyclic amines) is 1. The molecule has 1 aromatic rings. The van der Waals surface area contributed by atoms with Crippen LogP contribution < -0.4 is 11.1 Å². The van der Waals surface area contributed by atoms with Crippen molar-refractivity contribution in [2.24, 2.45) is 5.73 Å². The summed E-state index contributed by atoms with van der Waals surface area (Å²) in [7, 11) is -0.567. The summed E-state index contributed by atoms with van der Waals surface area (Å²) in [6.07, 6.45) is 1.78. The van der Waals surface area contributed by atoms with Crippen LogP contribution in [-0.2, 0) is 14.8 Å². The smallest absolute Gasteiger partial charge is 0.242 e. The van der Waals surface area contributed by atoms with Crippen LogP contribution in [0.1, 0.15) is 18.4 Å². The predicted octanol–water partition coefficient (Wildman–Crippen LogP) is 0.607. The maximum absolute atomic E-state index is 12.3. The van der Waals surface area contributed by atoms with Crippen molar-refractivity contribution < 1.29 is 13.2 Å². The topological polar surface area (TPSA) is 95.7 Å². The van der Waals surface area contributed by atoms with E-state index in [1.165, 1.54) is 20.2 Å². The minimum atomic E-state index is -3.54. The van der Waals surface area contributed by atoms with Crippen LogP contribution in [0.2, 0.25) is 0 Å². The maximum atomic E-state index is 12.3. The van der Waals surface area contributed by atoms with Gasteiger partial charge < -0.3 is 11.1 Å². The number of nitrogens with one attached hydrogen (secondary N) is 1. The van der Waals surface area contributed by atoms with Gasteiger partial charge in [-0.3, -0.25) is 9.69 Å². The fourth-order valence-corrected chi connectivity index (χ4v) is 3.81. The minimum Gasteiger partial charge on any atom is -0.328 e. The zero-order valence-electron chi connectivity index (χ0n) is 14.4. The molecular weight excluding hydrogens is 328 g/mol. The van der Waals surface area contributed by atoms with E-state index in [4.69, 9.17) is 5.73 Å². The van der Waals surface area contributed by atoms with Gasteiger partial charge in [-0.25, -0.2) is 12.7 Å². The van der Waals surface area contributed by atoms with Crippen molar-refractivity contribution in [3.63, 3.8) is 0 Å². The lowest BCUT2D eigenvalue weighted by atomic mass is 10.1. The van der Waals surface area contributed by atoms with Crippen LogP contribution in [0.5, 0.6) is 0 Å². The first kappa shape index (κ1) is 18.9. The van der Waals surface area contributed by atoms with Crippen LogP contribution in [0, 0.1) is 6.92 Å². The number of anilines is 1. The Labute approximate surface area is 143 Å². The average molecular weight is 354 g/mol. The Balaban J connectivity index is 2.06. The lowest BCUT2D eigenvalue weighted by Crippen LogP contribution is -2.43. The third-order valence-electron chi connectivity index (χ3n) is 4.23. The van der Waals surface area contributed by atoms with Crippen LogP contribution in [-0.4, -0.2) is 63.3 Å². The highest BCUT2D eigenvalue weighted by molar-refractivity contribution is 7.89. The van der Waals surface area contributed by atoms with E-state index in [0.717, 1.165) is 30.2 Å². The molecule has 0 atom stereocenters. The van der Waals surface area contributed by atoms with E-state index in [2.05, 4.69) is 10.2 Å². The molecule has 1 saturated heterocycles. The summed E-state index contributed by atoms with van der Waals surface area (Å²) in [4.78, 5) is 14.5. The standard InChI is InChI=1S/C16H26N4O3S/c1-12-4-5-14(10-15(12)24(22,23)19(2)3)18-16(21)11-20-8-6-13(17)7-9-20/h4-5,10,13H,6-9,11,17H2,1-3H3,(H,18,21). The van der Waals surface area contributed by atoms with Crippen molar-refractivity contribution in [1.29, 1.82) is 0 Å². The summed E-state index contributed by atoms with van der Waals surface area (Å²) >= 11 is 0. The van der Waals surface area contributed by atoms with Crippen molar-refractivity contribution in [1.82, 2.24) is 9.21 Å². The summed E-state index contributed by atoms with van der Waals surface area (Å²) in [6.45, 7) is 3.64. The van der Waals surface area contributed by atoms with Gasteiger partial charge in [-0.05, 0) is 37.5 Å². The third kappa shape index (κ3) is 4.54. The number of carbonyl (C=O) groups is 1. The van der Waals surface area contributed by atoms with Gasteiger partial charge in [0.2, 0.25) is 15.9 Å². The number of amides is 1. The molecule has 1 amide bonds. The highest BCUT2D eigenvalue weighted by Crippen LogP contribution is 2.22. The quantitative estimate of drug-likeness (QED) is 0.808. The highest BCUT2D eigenvalue weighted by Gasteiger charge is 2.21. The van der Waals surface area contributed by atoms with Gasteiger partial charge in [-0.1, -0.05) is 6.07 Å². The Morgan fingerprint density at radius 1 is 1.33 bits per heavy atom. The lowest BCUT2D eigenvalue weighted by Gasteiger charge is -2.29. The molecular formula is C16H26N4O3S. The number of carbonyl (C=O) groups excluding carboxylic acids is 1. The molecule has 0 spiro atoms. The SMILES string of the molecule is Cc1ccc(NC(=O)CN2CCC(N)CC2)cc1S(=O)(=O)N(C)C. The summed E-state index contributed by atoms with van der Waals surface area (Å²) in [5.41, 5.74) is 6.99. The second kappa shape index (κ2) is 7.60. The first-order valence-corrected chi connectivity index (χ1v) is 9.45. The van der Waals surface area contributed by atoms with Crippen molar-refractivity contribution in [2.45, 2.75) is 30.7 Å². The van der Waals surface area contributed by atoms with E-state index in [1.807, 2.05) is 0 Å². The summed E-state index contributed by atoms with van der Waals surface area (Å²) < 4.78 is 25.8. The molecule has 0 saturated carbocycles. The number of benzene rings is 1. The fourth-order valence-electron chi connectivity index (χ4n) is 2.67. The largest absolute Gasteiger partial charge is 0.328 e. The van der Waals surface area contributed by atoms with Gasteiger partial charge in [0.15, 0.2) is 0 Å². The van der Waals surface area contributed by atoms with Crippen molar-refractivity contribution in [3.05, 3.63) is 23.8 Å². The summed E-state index contributed by atoms with van der Waals surface area (Å²) in [5.74, 6) is -0.150. The van der Waals surface area contributed by atoms with E-state index in [0.29, 0.717) is 11.3 Å². The Kier molecular flexibility index (Phi) is 5.97. The number of rotatable bonds is 5. The molecule has 24 heavy (non-hydrogen) atoms. The number of hydrogen-bond acceptors (Lipinski definition) is 5. The van der Waals surface area contributed by atoms with Crippen LogP contribution in [0.3, 0.4) is 0 Å². The molecule has 0 bridgehead atoms. The van der Waals surface area contributed by atoms with Crippen molar-refractivity contribution in [3.8, 4) is 0 Å². The molecule has 1 heterocycles. The van der Waals surface area contributed by atoms with Gasteiger partial charge in [0.25, 0.3) is 0 Å². The highest BCUT2D eigenvalue weighted by atomic mass is 32.2. The molecule has 7 nitrogen and oxygen atoms in total. The molecule has 0 aliphatic carbocycles. The van der Waals surface area contributed by atoms with Crippen LogP contribution in [0.4, 0.5) is 5.69 Å². The molecule has 3 N–H and O–H groups in total. The van der Waals surface area contributed by atoms with Gasteiger partial charge in [-0.2, -0.15) is 0 Å². The second-order valence-corrected chi connectivity index (χ2v) is 8.55. The first-order valence-electron chi connectivity index (χ1n) is 8.01. The normalized spacial score (nSPS) is 17.2. The lowest BCUT2D eigenvalue weighted by molar-refractivity contribution is -0.117. The number of nitrogens with zero attached hydrogens (tertiary/aromatic N) is 2. The number of piperidine rings is 1. The zero-order valence-corrected chi connectivity index (χ0v) is 15.3. The van der Waals surface area contributed by atoms with Crippen molar-refractivity contribution >= 4 is 21.6 Å². The summed E-state index contributed by atoms with van der Waals surface area (Å²) in [5, 5.41) is 2.78. The number of nitrogens with two attached hydrogens (primary N) is 1. The molecule has 1 aliphatic rings. The van der Waals surface area contributed by atoms with E-state index in [1.54, 1.807) is 19.1 Å². The predicted molar refractivity (Wildman–Crippen MR) is 94.3 cm³/mol. The monoisotopic (exact) mass is 354 g/mol. The van der Waals surface area contributed by atoms with E-state index < -0.39 is 10.0 Å². The van der Waals surface area contributed by atoms with Gasteiger partial charge >= 0.3 is 0 Å². The Bertz CT molecular complexity index is 695. The molecule has 2 rings (SSSR count).